The van der Waals surface area contributed by atoms with Crippen LogP contribution in [-0.4, -0.2) is 28.6 Å². The van der Waals surface area contributed by atoms with Crippen LogP contribution in [0.5, 0.6) is 0 Å². The van der Waals surface area contributed by atoms with Gasteiger partial charge >= 0.3 is 0 Å². The zero-order valence-electron chi connectivity index (χ0n) is 15.7. The molecule has 4 N–H and O–H groups in total. The first-order chi connectivity index (χ1) is 13.9. The highest BCUT2D eigenvalue weighted by molar-refractivity contribution is 8.00. The van der Waals surface area contributed by atoms with Crippen LogP contribution < -0.4 is 16.4 Å². The number of benzene rings is 1. The van der Waals surface area contributed by atoms with Gasteiger partial charge in [0.1, 0.15) is 28.5 Å². The number of aromatic nitrogens is 1. The van der Waals surface area contributed by atoms with E-state index in [-0.39, 0.29) is 28.8 Å². The standard InChI is InChI=1S/C20H18N6O2S/c1-11(27)24-13-4-2-12(3-5-13)18-15(8-21)19(25-14-6-7-14)26-20(16(18)9-22)29-10-17(23)28/h2-5,14H,6-7,10H2,1H3,(H2,23,28)(H,24,27)(H,25,26). The van der Waals surface area contributed by atoms with Gasteiger partial charge in [-0.3, -0.25) is 9.59 Å². The molecule has 2 amide bonds. The highest BCUT2D eigenvalue weighted by atomic mass is 32.2. The van der Waals surface area contributed by atoms with E-state index < -0.39 is 5.91 Å². The molecule has 1 saturated carbocycles. The summed E-state index contributed by atoms with van der Waals surface area (Å²) in [5.41, 5.74) is 7.40. The van der Waals surface area contributed by atoms with Gasteiger partial charge in [0.25, 0.3) is 0 Å². The molecule has 29 heavy (non-hydrogen) atoms. The van der Waals surface area contributed by atoms with E-state index >= 15 is 0 Å². The van der Waals surface area contributed by atoms with Crippen molar-refractivity contribution < 1.29 is 9.59 Å². The maximum atomic E-state index is 11.2. The summed E-state index contributed by atoms with van der Waals surface area (Å²) in [6.45, 7) is 1.41. The van der Waals surface area contributed by atoms with Crippen LogP contribution in [0.2, 0.25) is 0 Å². The molecule has 0 radical (unpaired) electrons. The van der Waals surface area contributed by atoms with Gasteiger partial charge in [-0.05, 0) is 30.5 Å². The molecular weight excluding hydrogens is 388 g/mol. The Morgan fingerprint density at radius 3 is 2.38 bits per heavy atom. The maximum Gasteiger partial charge on any atom is 0.227 e. The number of carbonyl (C=O) groups excluding carboxylic acids is 2. The van der Waals surface area contributed by atoms with Gasteiger partial charge in [-0.1, -0.05) is 23.9 Å². The van der Waals surface area contributed by atoms with Crippen LogP contribution >= 0.6 is 11.8 Å². The van der Waals surface area contributed by atoms with Gasteiger partial charge in [0, 0.05) is 24.2 Å². The van der Waals surface area contributed by atoms with Crippen LogP contribution in [-0.2, 0) is 9.59 Å². The fourth-order valence-corrected chi connectivity index (χ4v) is 3.48. The molecule has 1 aliphatic carbocycles. The number of hydrogen-bond donors (Lipinski definition) is 3. The van der Waals surface area contributed by atoms with Gasteiger partial charge in [-0.25, -0.2) is 4.98 Å². The molecule has 0 saturated heterocycles. The lowest BCUT2D eigenvalue weighted by atomic mass is 9.96. The van der Waals surface area contributed by atoms with E-state index in [1.165, 1.54) is 6.92 Å². The van der Waals surface area contributed by atoms with Crippen molar-refractivity contribution in [1.29, 1.82) is 10.5 Å². The fraction of sp³-hybridized carbons (Fsp3) is 0.250. The quantitative estimate of drug-likeness (QED) is 0.599. The van der Waals surface area contributed by atoms with Crippen molar-refractivity contribution in [2.75, 3.05) is 16.4 Å². The summed E-state index contributed by atoms with van der Waals surface area (Å²) in [6.07, 6.45) is 1.97. The van der Waals surface area contributed by atoms with E-state index in [1.54, 1.807) is 24.3 Å². The molecule has 1 fully saturated rings. The Labute approximate surface area is 172 Å². The van der Waals surface area contributed by atoms with Crippen molar-refractivity contribution in [2.45, 2.75) is 30.8 Å². The third-order valence-electron chi connectivity index (χ3n) is 4.15. The summed E-state index contributed by atoms with van der Waals surface area (Å²) >= 11 is 1.07. The molecule has 9 heteroatoms. The van der Waals surface area contributed by atoms with Crippen molar-refractivity contribution >= 4 is 35.1 Å². The first kappa shape index (κ1) is 20.2. The van der Waals surface area contributed by atoms with Gasteiger partial charge in [-0.2, -0.15) is 10.5 Å². The molecule has 2 aromatic rings. The third kappa shape index (κ3) is 4.84. The topological polar surface area (TPSA) is 145 Å². The molecule has 1 aromatic heterocycles. The number of hydrogen-bond acceptors (Lipinski definition) is 7. The summed E-state index contributed by atoms with van der Waals surface area (Å²) < 4.78 is 0. The van der Waals surface area contributed by atoms with Crippen LogP contribution in [0.25, 0.3) is 11.1 Å². The minimum Gasteiger partial charge on any atom is -0.369 e. The molecule has 1 heterocycles. The first-order valence-electron chi connectivity index (χ1n) is 8.86. The van der Waals surface area contributed by atoms with Crippen molar-refractivity contribution in [2.24, 2.45) is 5.73 Å². The molecule has 1 aliphatic rings. The Hall–Kier alpha value is -3.56. The third-order valence-corrected chi connectivity index (χ3v) is 5.15. The van der Waals surface area contributed by atoms with Crippen molar-refractivity contribution in [3.05, 3.63) is 35.4 Å². The largest absolute Gasteiger partial charge is 0.369 e. The molecule has 8 nitrogen and oxygen atoms in total. The van der Waals surface area contributed by atoms with Crippen LogP contribution in [0, 0.1) is 22.7 Å². The van der Waals surface area contributed by atoms with Gasteiger partial charge in [0.2, 0.25) is 11.8 Å². The summed E-state index contributed by atoms with van der Waals surface area (Å²) in [5, 5.41) is 25.9. The molecular formula is C20H18N6O2S. The zero-order valence-corrected chi connectivity index (χ0v) is 16.5. The minimum atomic E-state index is -0.525. The zero-order chi connectivity index (χ0) is 21.0. The van der Waals surface area contributed by atoms with Gasteiger partial charge in [-0.15, -0.1) is 0 Å². The van der Waals surface area contributed by atoms with E-state index in [0.717, 1.165) is 24.6 Å². The normalized spacial score (nSPS) is 12.5. The fourth-order valence-electron chi connectivity index (χ4n) is 2.76. The summed E-state index contributed by atoms with van der Waals surface area (Å²) in [4.78, 5) is 26.9. The lowest BCUT2D eigenvalue weighted by Gasteiger charge is -2.16. The Balaban J connectivity index is 2.14. The van der Waals surface area contributed by atoms with Crippen molar-refractivity contribution in [1.82, 2.24) is 4.98 Å². The number of amides is 2. The minimum absolute atomic E-state index is 0.0304. The van der Waals surface area contributed by atoms with Crippen LogP contribution in [0.1, 0.15) is 30.9 Å². The average molecular weight is 406 g/mol. The second kappa shape index (κ2) is 8.63. The maximum absolute atomic E-state index is 11.2. The molecule has 0 atom stereocenters. The van der Waals surface area contributed by atoms with Crippen LogP contribution in [0.3, 0.4) is 0 Å². The second-order valence-corrected chi connectivity index (χ2v) is 7.51. The molecule has 0 spiro atoms. The summed E-state index contributed by atoms with van der Waals surface area (Å²) in [5.74, 6) is -0.361. The lowest BCUT2D eigenvalue weighted by Crippen LogP contribution is -2.14. The Morgan fingerprint density at radius 1 is 1.21 bits per heavy atom. The molecule has 0 unspecified atom stereocenters. The predicted molar refractivity (Wildman–Crippen MR) is 110 cm³/mol. The Bertz CT molecular complexity index is 1050. The van der Waals surface area contributed by atoms with E-state index in [2.05, 4.69) is 27.8 Å². The van der Waals surface area contributed by atoms with Gasteiger partial charge in [0.15, 0.2) is 0 Å². The first-order valence-corrected chi connectivity index (χ1v) is 9.85. The number of primary amides is 1. The molecule has 146 valence electrons. The number of thioether (sulfide) groups is 1. The molecule has 1 aromatic carbocycles. The van der Waals surface area contributed by atoms with Gasteiger partial charge < -0.3 is 16.4 Å². The smallest absolute Gasteiger partial charge is 0.227 e. The lowest BCUT2D eigenvalue weighted by molar-refractivity contribution is -0.116. The number of nitrogens with zero attached hydrogens (tertiary/aromatic N) is 3. The number of nitrogens with one attached hydrogen (secondary N) is 2. The highest BCUT2D eigenvalue weighted by Crippen LogP contribution is 2.38. The SMILES string of the molecule is CC(=O)Nc1ccc(-c2c(C#N)c(NC3CC3)nc(SCC(N)=O)c2C#N)cc1. The van der Waals surface area contributed by atoms with E-state index in [4.69, 9.17) is 5.73 Å². The second-order valence-electron chi connectivity index (χ2n) is 6.55. The Morgan fingerprint density at radius 2 is 1.86 bits per heavy atom. The van der Waals surface area contributed by atoms with Crippen LogP contribution in [0.4, 0.5) is 11.5 Å². The number of rotatable bonds is 7. The number of nitrogens with two attached hydrogens (primary N) is 1. The monoisotopic (exact) mass is 406 g/mol. The summed E-state index contributed by atoms with van der Waals surface area (Å²) in [6, 6.07) is 11.4. The van der Waals surface area contributed by atoms with Crippen LogP contribution in [0.15, 0.2) is 29.3 Å². The van der Waals surface area contributed by atoms with E-state index in [9.17, 15) is 20.1 Å². The summed E-state index contributed by atoms with van der Waals surface area (Å²) in [7, 11) is 0. The molecule has 3 rings (SSSR count). The van der Waals surface area contributed by atoms with Gasteiger partial charge in [0.05, 0.1) is 11.3 Å². The molecule has 0 aliphatic heterocycles. The number of pyridine rings is 1. The highest BCUT2D eigenvalue weighted by Gasteiger charge is 2.27. The number of carbonyl (C=O) groups is 2. The average Bonchev–Trinajstić information content (AvgIpc) is 3.50. The molecule has 0 bridgehead atoms. The predicted octanol–water partition coefficient (Wildman–Crippen LogP) is 2.60. The number of nitriles is 2. The Kier molecular flexibility index (Phi) is 6.01. The van der Waals surface area contributed by atoms with Crippen molar-refractivity contribution in [3.63, 3.8) is 0 Å². The number of anilines is 2. The van der Waals surface area contributed by atoms with E-state index in [0.29, 0.717) is 27.7 Å². The van der Waals surface area contributed by atoms with Crippen molar-refractivity contribution in [3.8, 4) is 23.3 Å². The van der Waals surface area contributed by atoms with E-state index in [1.807, 2.05) is 0 Å².